The number of likely N-dealkylation sites (tertiary alicyclic amines) is 1. The summed E-state index contributed by atoms with van der Waals surface area (Å²) in [5, 5.41) is 6.22. The van der Waals surface area contributed by atoms with Gasteiger partial charge in [0, 0.05) is 18.0 Å². The molecule has 0 N–H and O–H groups in total. The first-order valence-electron chi connectivity index (χ1n) is 10.5. The maximum absolute atomic E-state index is 14.6. The summed E-state index contributed by atoms with van der Waals surface area (Å²) in [5.74, 6) is -0.350. The Bertz CT molecular complexity index is 926. The number of aryl methyl sites for hydroxylation is 1. The number of halogens is 1. The minimum atomic E-state index is -0.403. The number of amides is 1. The molecule has 5 heteroatoms. The Morgan fingerprint density at radius 3 is 2.76 bits per heavy atom. The number of piperidine rings is 1. The van der Waals surface area contributed by atoms with Crippen LogP contribution in [0.2, 0.25) is 0 Å². The summed E-state index contributed by atoms with van der Waals surface area (Å²) < 4.78 is 14.6. The van der Waals surface area contributed by atoms with Crippen molar-refractivity contribution < 1.29 is 9.18 Å². The van der Waals surface area contributed by atoms with E-state index in [2.05, 4.69) is 17.9 Å². The van der Waals surface area contributed by atoms with Gasteiger partial charge in [0.2, 0.25) is 0 Å². The van der Waals surface area contributed by atoms with E-state index in [0.717, 1.165) is 36.2 Å². The minimum Gasteiger partial charge on any atom is -0.292 e. The molecule has 0 aromatic heterocycles. The number of nitrogens with zero attached hydrogens (tertiary/aromatic N) is 3. The third-order valence-corrected chi connectivity index (χ3v) is 6.06. The molecule has 2 atom stereocenters. The number of benzene rings is 2. The van der Waals surface area contributed by atoms with Gasteiger partial charge in [-0.3, -0.25) is 9.69 Å². The third-order valence-electron chi connectivity index (χ3n) is 6.06. The Hall–Kier alpha value is -2.53. The Morgan fingerprint density at radius 1 is 1.17 bits per heavy atom. The zero-order valence-electron chi connectivity index (χ0n) is 17.1. The Balaban J connectivity index is 1.63. The zero-order valence-corrected chi connectivity index (χ0v) is 17.1. The second kappa shape index (κ2) is 8.46. The number of carbonyl (C=O) groups is 1. The fourth-order valence-electron chi connectivity index (χ4n) is 4.37. The topological polar surface area (TPSA) is 35.9 Å². The monoisotopic (exact) mass is 393 g/mol. The lowest BCUT2D eigenvalue weighted by Gasteiger charge is -2.34. The fraction of sp³-hybridized carbons (Fsp3) is 0.417. The average molecular weight is 394 g/mol. The molecule has 152 valence electrons. The minimum absolute atomic E-state index is 0.0605. The Kier molecular flexibility index (Phi) is 5.76. The van der Waals surface area contributed by atoms with E-state index in [0.29, 0.717) is 24.6 Å². The van der Waals surface area contributed by atoms with Crippen LogP contribution >= 0.6 is 0 Å². The molecule has 0 aliphatic carbocycles. The zero-order chi connectivity index (χ0) is 20.4. The van der Waals surface area contributed by atoms with Crippen molar-refractivity contribution >= 4 is 11.6 Å². The predicted octanol–water partition coefficient (Wildman–Crippen LogP) is 4.69. The molecule has 2 aliphatic heterocycles. The summed E-state index contributed by atoms with van der Waals surface area (Å²) in [6.45, 7) is 5.47. The van der Waals surface area contributed by atoms with Gasteiger partial charge in [-0.25, -0.2) is 9.40 Å². The van der Waals surface area contributed by atoms with Gasteiger partial charge in [0.1, 0.15) is 5.82 Å². The fourth-order valence-corrected chi connectivity index (χ4v) is 4.37. The summed E-state index contributed by atoms with van der Waals surface area (Å²) in [6, 6.07) is 14.8. The van der Waals surface area contributed by atoms with E-state index in [1.165, 1.54) is 17.5 Å². The van der Waals surface area contributed by atoms with Gasteiger partial charge in [-0.05, 0) is 44.9 Å². The first-order valence-corrected chi connectivity index (χ1v) is 10.5. The molecule has 1 amide bonds. The molecule has 0 radical (unpaired) electrons. The van der Waals surface area contributed by atoms with E-state index >= 15 is 0 Å². The number of carbonyl (C=O) groups excluding carboxylic acids is 1. The predicted molar refractivity (Wildman–Crippen MR) is 113 cm³/mol. The highest BCUT2D eigenvalue weighted by atomic mass is 19.1. The first kappa shape index (κ1) is 19.8. The molecule has 2 heterocycles. The summed E-state index contributed by atoms with van der Waals surface area (Å²) in [6.07, 6.45) is 3.96. The molecule has 0 saturated carbocycles. The molecule has 2 aromatic carbocycles. The van der Waals surface area contributed by atoms with Crippen molar-refractivity contribution in [3.8, 4) is 0 Å². The van der Waals surface area contributed by atoms with Gasteiger partial charge < -0.3 is 0 Å². The number of rotatable bonds is 4. The quantitative estimate of drug-likeness (QED) is 0.756. The number of hydrogen-bond acceptors (Lipinski definition) is 3. The van der Waals surface area contributed by atoms with Crippen molar-refractivity contribution in [3.05, 3.63) is 71.0 Å². The number of hydrogen-bond donors (Lipinski definition) is 0. The summed E-state index contributed by atoms with van der Waals surface area (Å²) in [5.41, 5.74) is 3.49. The molecule has 4 nitrogen and oxygen atoms in total. The number of hydrazone groups is 1. The molecule has 0 spiro atoms. The van der Waals surface area contributed by atoms with Crippen LogP contribution in [-0.4, -0.2) is 40.7 Å². The Morgan fingerprint density at radius 2 is 2.00 bits per heavy atom. The molecule has 2 aliphatic rings. The molecule has 1 fully saturated rings. The van der Waals surface area contributed by atoms with Crippen LogP contribution in [0, 0.1) is 12.7 Å². The van der Waals surface area contributed by atoms with Crippen molar-refractivity contribution in [2.24, 2.45) is 5.10 Å². The van der Waals surface area contributed by atoms with Crippen LogP contribution in [0.1, 0.15) is 55.3 Å². The molecule has 0 bridgehead atoms. The SMILES string of the molecule is Cc1cccc(C2=NN(C(=O)CN3CCCC[C@H]3C)[C@H](c3ccccc3F)C2)c1. The maximum Gasteiger partial charge on any atom is 0.257 e. The van der Waals surface area contributed by atoms with Gasteiger partial charge in [0.15, 0.2) is 0 Å². The van der Waals surface area contributed by atoms with Crippen molar-refractivity contribution in [2.75, 3.05) is 13.1 Å². The highest BCUT2D eigenvalue weighted by Crippen LogP contribution is 2.34. The standard InChI is InChI=1S/C24H28FN3O/c1-17-8-7-10-19(14-17)22-15-23(20-11-3-4-12-21(20)25)28(26-22)24(29)16-27-13-6-5-9-18(27)2/h3-4,7-8,10-12,14,18,23H,5-6,9,13,15-16H2,1-2H3/t18-,23+/m1/s1. The van der Waals surface area contributed by atoms with Gasteiger partial charge in [-0.15, -0.1) is 0 Å². The molecule has 0 unspecified atom stereocenters. The molecule has 2 aromatic rings. The first-order chi connectivity index (χ1) is 14.0. The lowest BCUT2D eigenvalue weighted by atomic mass is 9.97. The summed E-state index contributed by atoms with van der Waals surface area (Å²) in [7, 11) is 0. The van der Waals surface area contributed by atoms with Gasteiger partial charge >= 0.3 is 0 Å². The average Bonchev–Trinajstić information content (AvgIpc) is 3.15. The second-order valence-corrected chi connectivity index (χ2v) is 8.21. The normalized spacial score (nSPS) is 22.6. The van der Waals surface area contributed by atoms with Crippen LogP contribution in [-0.2, 0) is 4.79 Å². The lowest BCUT2D eigenvalue weighted by molar-refractivity contribution is -0.135. The molecular formula is C24H28FN3O. The lowest BCUT2D eigenvalue weighted by Crippen LogP contribution is -2.44. The van der Waals surface area contributed by atoms with E-state index in [1.54, 1.807) is 12.1 Å². The van der Waals surface area contributed by atoms with Crippen molar-refractivity contribution in [3.63, 3.8) is 0 Å². The summed E-state index contributed by atoms with van der Waals surface area (Å²) >= 11 is 0. The molecule has 29 heavy (non-hydrogen) atoms. The largest absolute Gasteiger partial charge is 0.292 e. The molecular weight excluding hydrogens is 365 g/mol. The van der Waals surface area contributed by atoms with Crippen LogP contribution in [0.5, 0.6) is 0 Å². The van der Waals surface area contributed by atoms with Crippen LogP contribution in [0.3, 0.4) is 0 Å². The maximum atomic E-state index is 14.6. The van der Waals surface area contributed by atoms with Gasteiger partial charge in [-0.2, -0.15) is 5.10 Å². The highest BCUT2D eigenvalue weighted by molar-refractivity contribution is 6.03. The van der Waals surface area contributed by atoms with Crippen LogP contribution in [0.4, 0.5) is 4.39 Å². The smallest absolute Gasteiger partial charge is 0.257 e. The van der Waals surface area contributed by atoms with Crippen molar-refractivity contribution in [2.45, 2.75) is 51.6 Å². The van der Waals surface area contributed by atoms with Crippen molar-refractivity contribution in [1.29, 1.82) is 0 Å². The molecule has 1 saturated heterocycles. The van der Waals surface area contributed by atoms with E-state index in [9.17, 15) is 9.18 Å². The van der Waals surface area contributed by atoms with Gasteiger partial charge in [-0.1, -0.05) is 54.4 Å². The second-order valence-electron chi connectivity index (χ2n) is 8.21. The van der Waals surface area contributed by atoms with E-state index in [1.807, 2.05) is 31.2 Å². The Labute approximate surface area is 172 Å². The van der Waals surface area contributed by atoms with E-state index < -0.39 is 6.04 Å². The van der Waals surface area contributed by atoms with E-state index in [-0.39, 0.29) is 11.7 Å². The van der Waals surface area contributed by atoms with Crippen LogP contribution in [0.15, 0.2) is 53.6 Å². The van der Waals surface area contributed by atoms with E-state index in [4.69, 9.17) is 5.10 Å². The highest BCUT2D eigenvalue weighted by Gasteiger charge is 2.35. The summed E-state index contributed by atoms with van der Waals surface area (Å²) in [4.78, 5) is 15.5. The van der Waals surface area contributed by atoms with Crippen molar-refractivity contribution in [1.82, 2.24) is 9.91 Å². The van der Waals surface area contributed by atoms with Crippen LogP contribution < -0.4 is 0 Å². The molecule has 4 rings (SSSR count). The van der Waals surface area contributed by atoms with Gasteiger partial charge in [0.05, 0.1) is 18.3 Å². The third kappa shape index (κ3) is 4.25. The van der Waals surface area contributed by atoms with Gasteiger partial charge in [0.25, 0.3) is 5.91 Å². The van der Waals surface area contributed by atoms with Crippen LogP contribution in [0.25, 0.3) is 0 Å².